The summed E-state index contributed by atoms with van der Waals surface area (Å²) in [4.78, 5) is 28.5. The van der Waals surface area contributed by atoms with Crippen molar-refractivity contribution in [1.82, 2.24) is 4.90 Å². The Kier molecular flexibility index (Phi) is 5.77. The number of likely N-dealkylation sites (tertiary alicyclic amines) is 1. The lowest BCUT2D eigenvalue weighted by Gasteiger charge is -2.29. The standard InChI is InChI=1S/C22H22ClN3O4S/c1-15-5-7-16(8-6-15)24-31(29,30)18-11-9-17(10-12-18)26-21(27)19(23)20(22(26)28)25-13-3-2-4-14-25/h5-12,24H,2-4,13-14H2,1H3. The number of rotatable bonds is 5. The number of carbonyl (C=O) groups excluding carboxylic acids is 2. The largest absolute Gasteiger partial charge is 0.366 e. The molecule has 0 radical (unpaired) electrons. The summed E-state index contributed by atoms with van der Waals surface area (Å²) in [6, 6.07) is 12.6. The predicted molar refractivity (Wildman–Crippen MR) is 119 cm³/mol. The zero-order valence-corrected chi connectivity index (χ0v) is 18.5. The van der Waals surface area contributed by atoms with E-state index in [2.05, 4.69) is 4.72 Å². The minimum atomic E-state index is -3.82. The average Bonchev–Trinajstić information content (AvgIpc) is 2.98. The normalized spacial score (nSPS) is 17.5. The van der Waals surface area contributed by atoms with Gasteiger partial charge >= 0.3 is 0 Å². The van der Waals surface area contributed by atoms with Crippen LogP contribution < -0.4 is 9.62 Å². The SMILES string of the molecule is Cc1ccc(NS(=O)(=O)c2ccc(N3C(=O)C(Cl)=C(N4CCCCC4)C3=O)cc2)cc1. The Labute approximate surface area is 186 Å². The van der Waals surface area contributed by atoms with E-state index in [9.17, 15) is 18.0 Å². The van der Waals surface area contributed by atoms with E-state index in [1.54, 1.807) is 12.1 Å². The summed E-state index contributed by atoms with van der Waals surface area (Å²) in [6.07, 6.45) is 2.96. The molecule has 0 bridgehead atoms. The molecule has 2 aromatic carbocycles. The number of hydrogen-bond donors (Lipinski definition) is 1. The van der Waals surface area contributed by atoms with Crippen molar-refractivity contribution in [3.63, 3.8) is 0 Å². The Hall–Kier alpha value is -2.84. The molecular weight excluding hydrogens is 438 g/mol. The number of carbonyl (C=O) groups is 2. The highest BCUT2D eigenvalue weighted by Gasteiger charge is 2.41. The number of hydrogen-bond acceptors (Lipinski definition) is 5. The van der Waals surface area contributed by atoms with Crippen molar-refractivity contribution in [1.29, 1.82) is 0 Å². The minimum absolute atomic E-state index is 0.0197. The zero-order valence-electron chi connectivity index (χ0n) is 17.0. The lowest BCUT2D eigenvalue weighted by molar-refractivity contribution is -0.121. The molecule has 2 amide bonds. The topological polar surface area (TPSA) is 86.8 Å². The molecule has 0 aliphatic carbocycles. The van der Waals surface area contributed by atoms with Crippen LogP contribution in [0.3, 0.4) is 0 Å². The number of amides is 2. The number of aryl methyl sites for hydroxylation is 1. The number of anilines is 2. The molecule has 31 heavy (non-hydrogen) atoms. The molecule has 0 aromatic heterocycles. The van der Waals surface area contributed by atoms with Crippen molar-refractivity contribution in [3.8, 4) is 0 Å². The highest BCUT2D eigenvalue weighted by molar-refractivity contribution is 7.92. The molecule has 7 nitrogen and oxygen atoms in total. The molecule has 1 fully saturated rings. The van der Waals surface area contributed by atoms with Crippen molar-refractivity contribution < 1.29 is 18.0 Å². The highest BCUT2D eigenvalue weighted by atomic mass is 35.5. The third-order valence-corrected chi connectivity index (χ3v) is 7.12. The Morgan fingerprint density at radius 1 is 0.871 bits per heavy atom. The van der Waals surface area contributed by atoms with Crippen molar-refractivity contribution >= 4 is 44.8 Å². The predicted octanol–water partition coefficient (Wildman–Crippen LogP) is 3.61. The summed E-state index contributed by atoms with van der Waals surface area (Å²) in [5, 5.41) is -0.0929. The molecule has 2 aliphatic heterocycles. The Morgan fingerprint density at radius 2 is 1.48 bits per heavy atom. The first-order valence-corrected chi connectivity index (χ1v) is 11.9. The Morgan fingerprint density at radius 3 is 2.10 bits per heavy atom. The van der Waals surface area contributed by atoms with Gasteiger partial charge in [-0.2, -0.15) is 0 Å². The number of nitrogens with zero attached hydrogens (tertiary/aromatic N) is 2. The van der Waals surface area contributed by atoms with Crippen LogP contribution in [0.4, 0.5) is 11.4 Å². The summed E-state index contributed by atoms with van der Waals surface area (Å²) in [5.41, 5.74) is 1.96. The first kappa shape index (κ1) is 21.4. The maximum Gasteiger partial charge on any atom is 0.283 e. The van der Waals surface area contributed by atoms with E-state index in [0.29, 0.717) is 18.8 Å². The molecule has 1 saturated heterocycles. The molecule has 1 N–H and O–H groups in total. The third kappa shape index (κ3) is 4.18. The quantitative estimate of drug-likeness (QED) is 0.690. The van der Waals surface area contributed by atoms with E-state index in [1.165, 1.54) is 24.3 Å². The summed E-state index contributed by atoms with van der Waals surface area (Å²) in [5.74, 6) is -1.08. The van der Waals surface area contributed by atoms with Crippen LogP contribution >= 0.6 is 11.6 Å². The first-order valence-electron chi connectivity index (χ1n) is 10.0. The lowest BCUT2D eigenvalue weighted by atomic mass is 10.1. The number of imide groups is 1. The molecule has 9 heteroatoms. The summed E-state index contributed by atoms with van der Waals surface area (Å²) >= 11 is 6.23. The van der Waals surface area contributed by atoms with Crippen LogP contribution in [0.25, 0.3) is 0 Å². The molecule has 2 heterocycles. The fourth-order valence-electron chi connectivity index (χ4n) is 3.73. The van der Waals surface area contributed by atoms with Gasteiger partial charge in [0.15, 0.2) is 0 Å². The van der Waals surface area contributed by atoms with Gasteiger partial charge in [-0.05, 0) is 62.6 Å². The van der Waals surface area contributed by atoms with Gasteiger partial charge in [0.05, 0.1) is 10.6 Å². The third-order valence-electron chi connectivity index (χ3n) is 5.39. The van der Waals surface area contributed by atoms with Crippen LogP contribution in [-0.4, -0.2) is 38.2 Å². The molecule has 0 saturated carbocycles. The second-order valence-corrected chi connectivity index (χ2v) is 9.68. The van der Waals surface area contributed by atoms with E-state index in [0.717, 1.165) is 29.7 Å². The Bertz CT molecular complexity index is 1150. The van der Waals surface area contributed by atoms with Crippen LogP contribution in [0.1, 0.15) is 24.8 Å². The minimum Gasteiger partial charge on any atom is -0.366 e. The van der Waals surface area contributed by atoms with Gasteiger partial charge in [-0.15, -0.1) is 0 Å². The zero-order chi connectivity index (χ0) is 22.2. The van der Waals surface area contributed by atoms with E-state index in [1.807, 2.05) is 24.0 Å². The molecule has 162 valence electrons. The van der Waals surface area contributed by atoms with Crippen molar-refractivity contribution in [2.45, 2.75) is 31.1 Å². The van der Waals surface area contributed by atoms with Crippen LogP contribution in [0.2, 0.25) is 0 Å². The molecule has 0 spiro atoms. The summed E-state index contributed by atoms with van der Waals surface area (Å²) in [6.45, 7) is 3.27. The van der Waals surface area contributed by atoms with Crippen LogP contribution in [-0.2, 0) is 19.6 Å². The Balaban J connectivity index is 1.55. The first-order chi connectivity index (χ1) is 14.8. The molecule has 0 unspecified atom stereocenters. The second kappa shape index (κ2) is 8.36. The van der Waals surface area contributed by atoms with Crippen molar-refractivity contribution in [3.05, 3.63) is 64.8 Å². The number of piperidine rings is 1. The molecule has 2 aromatic rings. The monoisotopic (exact) mass is 459 g/mol. The summed E-state index contributed by atoms with van der Waals surface area (Å²) < 4.78 is 27.8. The maximum atomic E-state index is 13.0. The van der Waals surface area contributed by atoms with Gasteiger partial charge in [-0.3, -0.25) is 14.3 Å². The molecule has 2 aliphatic rings. The molecule has 4 rings (SSSR count). The molecule has 0 atom stereocenters. The average molecular weight is 460 g/mol. The van der Waals surface area contributed by atoms with Crippen molar-refractivity contribution in [2.75, 3.05) is 22.7 Å². The number of benzene rings is 2. The van der Waals surface area contributed by atoms with Gasteiger partial charge in [0, 0.05) is 18.8 Å². The van der Waals surface area contributed by atoms with Crippen LogP contribution in [0.15, 0.2) is 64.2 Å². The van der Waals surface area contributed by atoms with E-state index >= 15 is 0 Å². The number of halogens is 1. The van der Waals surface area contributed by atoms with E-state index in [4.69, 9.17) is 11.6 Å². The smallest absolute Gasteiger partial charge is 0.283 e. The van der Waals surface area contributed by atoms with Gasteiger partial charge in [0.2, 0.25) is 0 Å². The fraction of sp³-hybridized carbons (Fsp3) is 0.273. The van der Waals surface area contributed by atoms with E-state index < -0.39 is 21.8 Å². The van der Waals surface area contributed by atoms with Gasteiger partial charge in [-0.1, -0.05) is 29.3 Å². The van der Waals surface area contributed by atoms with E-state index in [-0.39, 0.29) is 21.3 Å². The summed E-state index contributed by atoms with van der Waals surface area (Å²) in [7, 11) is -3.82. The number of sulfonamides is 1. The second-order valence-electron chi connectivity index (χ2n) is 7.62. The van der Waals surface area contributed by atoms with Gasteiger partial charge in [-0.25, -0.2) is 13.3 Å². The van der Waals surface area contributed by atoms with Crippen molar-refractivity contribution in [2.24, 2.45) is 0 Å². The van der Waals surface area contributed by atoms with Gasteiger partial charge in [0.1, 0.15) is 10.7 Å². The fourth-order valence-corrected chi connectivity index (χ4v) is 5.07. The highest BCUT2D eigenvalue weighted by Crippen LogP contribution is 2.33. The van der Waals surface area contributed by atoms with Gasteiger partial charge in [0.25, 0.3) is 21.8 Å². The van der Waals surface area contributed by atoms with Crippen LogP contribution in [0.5, 0.6) is 0 Å². The number of nitrogens with one attached hydrogen (secondary N) is 1. The van der Waals surface area contributed by atoms with Gasteiger partial charge < -0.3 is 4.90 Å². The maximum absolute atomic E-state index is 13.0. The van der Waals surface area contributed by atoms with Crippen LogP contribution in [0, 0.1) is 6.92 Å². The molecular formula is C22H22ClN3O4S. The lowest BCUT2D eigenvalue weighted by Crippen LogP contribution is -2.37.